The molecule has 0 aromatic carbocycles. The number of ether oxygens (including phenoxy) is 3. The van der Waals surface area contributed by atoms with E-state index in [1.165, 1.54) is 6.92 Å². The smallest absolute Gasteiger partial charge is 0.320 e. The van der Waals surface area contributed by atoms with Gasteiger partial charge in [-0.05, 0) is 45.4 Å². The lowest BCUT2D eigenvalue weighted by atomic mass is 9.47. The van der Waals surface area contributed by atoms with Gasteiger partial charge in [0.15, 0.2) is 0 Å². The number of esters is 2. The largest absolute Gasteiger partial charge is 0.459 e. The Hall–Kier alpha value is -1.73. The van der Waals surface area contributed by atoms with Gasteiger partial charge in [-0.1, -0.05) is 32.9 Å². The highest BCUT2D eigenvalue weighted by atomic mass is 16.7. The van der Waals surface area contributed by atoms with Gasteiger partial charge in [0.1, 0.15) is 40.2 Å². The van der Waals surface area contributed by atoms with Gasteiger partial charge >= 0.3 is 11.9 Å². The molecule has 0 bridgehead atoms. The van der Waals surface area contributed by atoms with Gasteiger partial charge in [-0.2, -0.15) is 0 Å². The van der Waals surface area contributed by atoms with E-state index in [2.05, 4.69) is 6.58 Å². The summed E-state index contributed by atoms with van der Waals surface area (Å²) in [7, 11) is 0. The summed E-state index contributed by atoms with van der Waals surface area (Å²) < 4.78 is 18.3. The first-order valence-corrected chi connectivity index (χ1v) is 11.4. The number of aliphatic hydroxyl groups excluding tert-OH is 1. The minimum atomic E-state index is -1.33. The second kappa shape index (κ2) is 5.98. The van der Waals surface area contributed by atoms with E-state index in [0.717, 1.165) is 5.57 Å². The third kappa shape index (κ3) is 2.06. The van der Waals surface area contributed by atoms with Crippen molar-refractivity contribution in [3.63, 3.8) is 0 Å². The van der Waals surface area contributed by atoms with Crippen LogP contribution in [-0.4, -0.2) is 51.8 Å². The van der Waals surface area contributed by atoms with E-state index in [-0.39, 0.29) is 23.6 Å². The standard InChI is InChI=1S/C24H32O7/c1-7-11(2)18(26)29-17-13(4)10-23-19(27)21(6)16-15(24(17,23)31-23)12(3)8-9-22(16,14(5)25)20(28)30-21/h11,13,15-17,19,27H,3,7-10H2,1-2,4-6H3/t11-,13+,15+,16+,17+,19-,21+,22-,23-,24-/m0/s1. The summed E-state index contributed by atoms with van der Waals surface area (Å²) in [5, 5.41) is 11.6. The number of Topliss-reactive ketones (excluding diaryl/α,β-unsaturated/α-hetero) is 1. The molecule has 2 saturated heterocycles. The van der Waals surface area contributed by atoms with Crippen LogP contribution in [0.4, 0.5) is 0 Å². The molecule has 5 aliphatic rings. The zero-order chi connectivity index (χ0) is 22.7. The monoisotopic (exact) mass is 432 g/mol. The van der Waals surface area contributed by atoms with E-state index in [4.69, 9.17) is 14.2 Å². The fourth-order valence-electron chi connectivity index (χ4n) is 7.65. The summed E-state index contributed by atoms with van der Waals surface area (Å²) in [6.07, 6.45) is 0.265. The van der Waals surface area contributed by atoms with Crippen molar-refractivity contribution >= 4 is 17.7 Å². The number of carbonyl (C=O) groups excluding carboxylic acids is 3. The van der Waals surface area contributed by atoms with Gasteiger partial charge in [0, 0.05) is 11.8 Å². The molecule has 2 heterocycles. The summed E-state index contributed by atoms with van der Waals surface area (Å²) in [6, 6.07) is 0. The summed E-state index contributed by atoms with van der Waals surface area (Å²) in [6.45, 7) is 13.2. The van der Waals surface area contributed by atoms with E-state index in [9.17, 15) is 19.5 Å². The quantitative estimate of drug-likeness (QED) is 0.315. The summed E-state index contributed by atoms with van der Waals surface area (Å²) in [4.78, 5) is 38.8. The van der Waals surface area contributed by atoms with Crippen LogP contribution in [0.3, 0.4) is 0 Å². The van der Waals surface area contributed by atoms with Crippen LogP contribution in [0, 0.1) is 29.1 Å². The van der Waals surface area contributed by atoms with Crippen molar-refractivity contribution in [3.05, 3.63) is 12.2 Å². The predicted octanol–water partition coefficient (Wildman–Crippen LogP) is 2.34. The lowest BCUT2D eigenvalue weighted by Crippen LogP contribution is -2.67. The Morgan fingerprint density at radius 1 is 1.39 bits per heavy atom. The van der Waals surface area contributed by atoms with Crippen molar-refractivity contribution in [1.29, 1.82) is 0 Å². The average molecular weight is 433 g/mol. The molecule has 0 amide bonds. The molecular formula is C24H32O7. The fraction of sp³-hybridized carbons (Fsp3) is 0.792. The fourth-order valence-corrected chi connectivity index (χ4v) is 7.65. The van der Waals surface area contributed by atoms with Crippen LogP contribution in [0.1, 0.15) is 60.3 Å². The van der Waals surface area contributed by atoms with Crippen molar-refractivity contribution in [3.8, 4) is 0 Å². The van der Waals surface area contributed by atoms with E-state index in [0.29, 0.717) is 25.7 Å². The number of ketones is 1. The minimum absolute atomic E-state index is 0.0454. The van der Waals surface area contributed by atoms with Crippen LogP contribution in [0.15, 0.2) is 12.2 Å². The normalized spacial score (nSPS) is 52.5. The number of epoxide rings is 1. The molecule has 5 fully saturated rings. The maximum atomic E-state index is 13.2. The maximum Gasteiger partial charge on any atom is 0.320 e. The highest BCUT2D eigenvalue weighted by molar-refractivity contribution is 6.05. The zero-order valence-electron chi connectivity index (χ0n) is 18.9. The Labute approximate surface area is 182 Å². The van der Waals surface area contributed by atoms with Crippen LogP contribution in [0.2, 0.25) is 0 Å². The number of hydrogen-bond acceptors (Lipinski definition) is 7. The molecule has 170 valence electrons. The molecule has 3 saturated carbocycles. The lowest BCUT2D eigenvalue weighted by Gasteiger charge is -2.52. The number of aliphatic hydroxyl groups is 1. The minimum Gasteiger partial charge on any atom is -0.459 e. The van der Waals surface area contributed by atoms with Gasteiger partial charge in [-0.15, -0.1) is 0 Å². The van der Waals surface area contributed by atoms with E-state index in [1.54, 1.807) is 6.92 Å². The van der Waals surface area contributed by atoms with Gasteiger partial charge in [-0.25, -0.2) is 0 Å². The molecule has 5 rings (SSSR count). The molecule has 0 spiro atoms. The predicted molar refractivity (Wildman–Crippen MR) is 109 cm³/mol. The number of rotatable bonds is 4. The number of hydrogen-bond donors (Lipinski definition) is 1. The third-order valence-corrected chi connectivity index (χ3v) is 9.31. The zero-order valence-corrected chi connectivity index (χ0v) is 18.9. The molecule has 31 heavy (non-hydrogen) atoms. The molecule has 1 N–H and O–H groups in total. The van der Waals surface area contributed by atoms with Crippen molar-refractivity contribution in [2.45, 2.75) is 89.3 Å². The SMILES string of the molecule is C=C1CC[C@@]2(C(C)=O)C(=O)O[C@]3(C)[C@H]2[C@@H]1[C@@]12O[C@@]1(C[C@@H](C)[C@H]2OC(=O)[C@@H](C)CC)[C@H]3O. The molecule has 0 aromatic heterocycles. The Morgan fingerprint density at radius 2 is 2.06 bits per heavy atom. The summed E-state index contributed by atoms with van der Waals surface area (Å²) >= 11 is 0. The van der Waals surface area contributed by atoms with Crippen LogP contribution in [-0.2, 0) is 28.6 Å². The van der Waals surface area contributed by atoms with E-state index in [1.807, 2.05) is 20.8 Å². The highest BCUT2D eigenvalue weighted by Crippen LogP contribution is 2.79. The van der Waals surface area contributed by atoms with Crippen LogP contribution < -0.4 is 0 Å². The molecule has 7 heteroatoms. The van der Waals surface area contributed by atoms with Gasteiger partial charge < -0.3 is 19.3 Å². The Bertz CT molecular complexity index is 912. The Kier molecular flexibility index (Phi) is 4.08. The van der Waals surface area contributed by atoms with Crippen LogP contribution >= 0.6 is 0 Å². The molecule has 0 radical (unpaired) electrons. The highest BCUT2D eigenvalue weighted by Gasteiger charge is 2.94. The first-order valence-electron chi connectivity index (χ1n) is 11.4. The second-order valence-electron chi connectivity index (χ2n) is 10.7. The lowest BCUT2D eigenvalue weighted by molar-refractivity contribution is -0.173. The maximum absolute atomic E-state index is 13.2. The summed E-state index contributed by atoms with van der Waals surface area (Å²) in [5.74, 6) is -2.41. The summed E-state index contributed by atoms with van der Waals surface area (Å²) in [5.41, 5.74) is -3.67. The van der Waals surface area contributed by atoms with Crippen molar-refractivity contribution < 1.29 is 33.7 Å². The Balaban J connectivity index is 1.66. The average Bonchev–Trinajstić information content (AvgIpc) is 3.23. The van der Waals surface area contributed by atoms with Gasteiger partial charge in [0.25, 0.3) is 0 Å². The molecular weight excluding hydrogens is 400 g/mol. The molecule has 0 unspecified atom stereocenters. The third-order valence-electron chi connectivity index (χ3n) is 9.31. The van der Waals surface area contributed by atoms with Crippen molar-refractivity contribution in [2.75, 3.05) is 0 Å². The van der Waals surface area contributed by atoms with Gasteiger partial charge in [-0.3, -0.25) is 14.4 Å². The topological polar surface area (TPSA) is 102 Å². The number of carbonyl (C=O) groups is 3. The molecule has 3 aliphatic carbocycles. The molecule has 2 aliphatic heterocycles. The Morgan fingerprint density at radius 3 is 2.68 bits per heavy atom. The van der Waals surface area contributed by atoms with Gasteiger partial charge in [0.05, 0.1) is 5.92 Å². The first kappa shape index (κ1) is 21.1. The van der Waals surface area contributed by atoms with Gasteiger partial charge in [0.2, 0.25) is 0 Å². The first-order chi connectivity index (χ1) is 14.4. The van der Waals surface area contributed by atoms with Crippen LogP contribution in [0.25, 0.3) is 0 Å². The molecule has 10 atom stereocenters. The van der Waals surface area contributed by atoms with Crippen LogP contribution in [0.5, 0.6) is 0 Å². The second-order valence-corrected chi connectivity index (χ2v) is 10.7. The molecule has 0 aromatic rings. The van der Waals surface area contributed by atoms with E-state index >= 15 is 0 Å². The molecule has 7 nitrogen and oxygen atoms in total. The van der Waals surface area contributed by atoms with Crippen molar-refractivity contribution in [2.24, 2.45) is 29.1 Å². The van der Waals surface area contributed by atoms with E-state index < -0.39 is 52.2 Å². The van der Waals surface area contributed by atoms with Crippen molar-refractivity contribution in [1.82, 2.24) is 0 Å².